The Bertz CT molecular complexity index is 790. The fourth-order valence-electron chi connectivity index (χ4n) is 3.75. The van der Waals surface area contributed by atoms with E-state index in [0.29, 0.717) is 29.9 Å². The molecule has 1 amide bonds. The molecule has 130 valence electrons. The molecular weight excluding hydrogens is 314 g/mol. The van der Waals surface area contributed by atoms with Gasteiger partial charge in [-0.05, 0) is 43.6 Å². The summed E-state index contributed by atoms with van der Waals surface area (Å²) in [5, 5.41) is 3.18. The number of nitrogens with one attached hydrogen (secondary N) is 1. The smallest absolute Gasteiger partial charge is 0.251 e. The van der Waals surface area contributed by atoms with E-state index in [4.69, 9.17) is 4.74 Å². The van der Waals surface area contributed by atoms with Crippen molar-refractivity contribution in [2.24, 2.45) is 5.92 Å². The lowest BCUT2D eigenvalue weighted by Gasteiger charge is -2.12. The van der Waals surface area contributed by atoms with Crippen LogP contribution in [-0.4, -0.2) is 49.1 Å². The summed E-state index contributed by atoms with van der Waals surface area (Å²) in [6, 6.07) is 12.3. The van der Waals surface area contributed by atoms with Crippen LogP contribution in [0.5, 0.6) is 5.88 Å². The lowest BCUT2D eigenvalue weighted by atomic mass is 10.1. The minimum atomic E-state index is -0.0447. The SMILES string of the molecule is CN(C)CCOc1cc(C(=O)N[C@@H]2[C@@H]3Cc4ccccc4[C@@H]32)ccn1. The number of carbonyl (C=O) groups is 1. The molecule has 2 aromatic rings. The standard InChI is InChI=1S/C20H23N3O2/c1-23(2)9-10-25-17-12-14(7-8-21-17)20(24)22-19-16-11-13-5-3-4-6-15(13)18(16)19/h3-8,12,16,18-19H,9-11H2,1-2H3,(H,22,24)/t16-,18+,19-/m1/s1. The number of rotatable bonds is 6. The third-order valence-corrected chi connectivity index (χ3v) is 5.12. The topological polar surface area (TPSA) is 54.5 Å². The van der Waals surface area contributed by atoms with Crippen LogP contribution in [-0.2, 0) is 6.42 Å². The van der Waals surface area contributed by atoms with E-state index in [1.54, 1.807) is 18.3 Å². The Morgan fingerprint density at radius 2 is 2.16 bits per heavy atom. The molecule has 0 saturated heterocycles. The molecule has 1 aromatic heterocycles. The van der Waals surface area contributed by atoms with E-state index in [1.807, 2.05) is 19.0 Å². The molecule has 1 aromatic carbocycles. The van der Waals surface area contributed by atoms with Gasteiger partial charge >= 0.3 is 0 Å². The molecule has 1 fully saturated rings. The van der Waals surface area contributed by atoms with Gasteiger partial charge in [-0.15, -0.1) is 0 Å². The van der Waals surface area contributed by atoms with Crippen LogP contribution in [0.2, 0.25) is 0 Å². The van der Waals surface area contributed by atoms with Gasteiger partial charge in [0, 0.05) is 36.3 Å². The summed E-state index contributed by atoms with van der Waals surface area (Å²) in [4.78, 5) is 18.8. The number of hydrogen-bond donors (Lipinski definition) is 1. The molecular formula is C20H23N3O2. The second-order valence-electron chi connectivity index (χ2n) is 7.13. The molecule has 4 rings (SSSR count). The zero-order valence-electron chi connectivity index (χ0n) is 14.6. The predicted octanol–water partition coefficient (Wildman–Crippen LogP) is 2.09. The number of pyridine rings is 1. The van der Waals surface area contributed by atoms with Gasteiger partial charge in [0.15, 0.2) is 0 Å². The summed E-state index contributed by atoms with van der Waals surface area (Å²) in [7, 11) is 3.98. The molecule has 0 radical (unpaired) electrons. The quantitative estimate of drug-likeness (QED) is 0.877. The molecule has 2 aliphatic carbocycles. The summed E-state index contributed by atoms with van der Waals surface area (Å²) in [5.41, 5.74) is 3.44. The minimum Gasteiger partial charge on any atom is -0.476 e. The first-order valence-electron chi connectivity index (χ1n) is 8.76. The van der Waals surface area contributed by atoms with E-state index in [0.717, 1.165) is 13.0 Å². The molecule has 1 saturated carbocycles. The molecule has 2 aliphatic rings. The Labute approximate surface area is 148 Å². The van der Waals surface area contributed by atoms with Gasteiger partial charge in [0.2, 0.25) is 5.88 Å². The third-order valence-electron chi connectivity index (χ3n) is 5.12. The van der Waals surface area contributed by atoms with E-state index in [2.05, 4.69) is 34.6 Å². The Balaban J connectivity index is 1.37. The highest BCUT2D eigenvalue weighted by atomic mass is 16.5. The fourth-order valence-corrected chi connectivity index (χ4v) is 3.75. The van der Waals surface area contributed by atoms with Crippen molar-refractivity contribution in [3.8, 4) is 5.88 Å². The Morgan fingerprint density at radius 1 is 1.32 bits per heavy atom. The highest BCUT2D eigenvalue weighted by Gasteiger charge is 2.56. The molecule has 0 aliphatic heterocycles. The molecule has 5 heteroatoms. The molecule has 5 nitrogen and oxygen atoms in total. The summed E-state index contributed by atoms with van der Waals surface area (Å²) >= 11 is 0. The molecule has 1 N–H and O–H groups in total. The first-order chi connectivity index (χ1) is 12.1. The van der Waals surface area contributed by atoms with Crippen molar-refractivity contribution in [1.82, 2.24) is 15.2 Å². The van der Waals surface area contributed by atoms with Crippen LogP contribution in [0.25, 0.3) is 0 Å². The second-order valence-corrected chi connectivity index (χ2v) is 7.13. The van der Waals surface area contributed by atoms with Crippen molar-refractivity contribution in [3.63, 3.8) is 0 Å². The van der Waals surface area contributed by atoms with Gasteiger partial charge in [-0.3, -0.25) is 4.79 Å². The summed E-state index contributed by atoms with van der Waals surface area (Å²) in [5.74, 6) is 1.49. The van der Waals surface area contributed by atoms with Crippen molar-refractivity contribution in [2.75, 3.05) is 27.2 Å². The first-order valence-corrected chi connectivity index (χ1v) is 8.76. The average molecular weight is 337 g/mol. The van der Waals surface area contributed by atoms with Crippen LogP contribution >= 0.6 is 0 Å². The maximum Gasteiger partial charge on any atom is 0.251 e. The van der Waals surface area contributed by atoms with Crippen molar-refractivity contribution in [3.05, 3.63) is 59.3 Å². The number of carbonyl (C=O) groups excluding carboxylic acids is 1. The molecule has 25 heavy (non-hydrogen) atoms. The maximum atomic E-state index is 12.6. The average Bonchev–Trinajstić information content (AvgIpc) is 3.11. The second kappa shape index (κ2) is 6.48. The van der Waals surface area contributed by atoms with E-state index < -0.39 is 0 Å². The normalized spacial score (nSPS) is 23.1. The van der Waals surface area contributed by atoms with Crippen LogP contribution in [0.4, 0.5) is 0 Å². The van der Waals surface area contributed by atoms with E-state index >= 15 is 0 Å². The van der Waals surface area contributed by atoms with E-state index in [-0.39, 0.29) is 11.9 Å². The monoisotopic (exact) mass is 337 g/mol. The first kappa shape index (κ1) is 16.1. The fraction of sp³-hybridized carbons (Fsp3) is 0.400. The van der Waals surface area contributed by atoms with Gasteiger partial charge in [-0.2, -0.15) is 0 Å². The number of hydrogen-bond acceptors (Lipinski definition) is 4. The molecule has 0 bridgehead atoms. The van der Waals surface area contributed by atoms with Crippen LogP contribution in [0.15, 0.2) is 42.6 Å². The highest BCUT2D eigenvalue weighted by molar-refractivity contribution is 5.95. The maximum absolute atomic E-state index is 12.6. The molecule has 0 unspecified atom stereocenters. The largest absolute Gasteiger partial charge is 0.476 e. The lowest BCUT2D eigenvalue weighted by Crippen LogP contribution is -2.28. The van der Waals surface area contributed by atoms with Crippen LogP contribution in [0, 0.1) is 5.92 Å². The van der Waals surface area contributed by atoms with Gasteiger partial charge in [-0.25, -0.2) is 4.98 Å². The molecule has 0 spiro atoms. The van der Waals surface area contributed by atoms with Gasteiger partial charge in [0.25, 0.3) is 5.91 Å². The summed E-state index contributed by atoms with van der Waals surface area (Å²) in [6.45, 7) is 1.36. The Kier molecular flexibility index (Phi) is 4.17. The van der Waals surface area contributed by atoms with Crippen molar-refractivity contribution < 1.29 is 9.53 Å². The van der Waals surface area contributed by atoms with Crippen molar-refractivity contribution in [1.29, 1.82) is 0 Å². The van der Waals surface area contributed by atoms with Crippen molar-refractivity contribution in [2.45, 2.75) is 18.4 Å². The number of nitrogens with zero attached hydrogens (tertiary/aromatic N) is 2. The minimum absolute atomic E-state index is 0.0447. The van der Waals surface area contributed by atoms with Crippen LogP contribution in [0.3, 0.4) is 0 Å². The summed E-state index contributed by atoms with van der Waals surface area (Å²) in [6.07, 6.45) is 2.70. The number of aromatic nitrogens is 1. The third kappa shape index (κ3) is 3.24. The predicted molar refractivity (Wildman–Crippen MR) is 95.9 cm³/mol. The lowest BCUT2D eigenvalue weighted by molar-refractivity contribution is 0.0947. The van der Waals surface area contributed by atoms with E-state index in [1.165, 1.54) is 11.1 Å². The highest BCUT2D eigenvalue weighted by Crippen LogP contribution is 2.56. The van der Waals surface area contributed by atoms with E-state index in [9.17, 15) is 4.79 Å². The Hall–Kier alpha value is -2.40. The number of fused-ring (bicyclic) bond motifs is 3. The number of likely N-dealkylation sites (N-methyl/N-ethyl adjacent to an activating group) is 1. The van der Waals surface area contributed by atoms with Crippen LogP contribution < -0.4 is 10.1 Å². The molecule has 1 heterocycles. The van der Waals surface area contributed by atoms with Crippen LogP contribution in [0.1, 0.15) is 27.4 Å². The number of amides is 1. The van der Waals surface area contributed by atoms with Gasteiger partial charge in [-0.1, -0.05) is 24.3 Å². The zero-order valence-corrected chi connectivity index (χ0v) is 14.6. The summed E-state index contributed by atoms with van der Waals surface area (Å²) < 4.78 is 5.62. The number of ether oxygens (including phenoxy) is 1. The van der Waals surface area contributed by atoms with Gasteiger partial charge < -0.3 is 15.0 Å². The van der Waals surface area contributed by atoms with Crippen molar-refractivity contribution >= 4 is 5.91 Å². The Morgan fingerprint density at radius 3 is 3.00 bits per heavy atom. The van der Waals surface area contributed by atoms with Gasteiger partial charge in [0.05, 0.1) is 0 Å². The molecule has 3 atom stereocenters. The zero-order chi connectivity index (χ0) is 17.4. The van der Waals surface area contributed by atoms with Gasteiger partial charge in [0.1, 0.15) is 6.61 Å². The number of benzene rings is 1.